The third-order valence-electron chi connectivity index (χ3n) is 15.2. The molecule has 4 amide bonds. The lowest BCUT2D eigenvalue weighted by Gasteiger charge is -2.52. The normalized spacial score (nSPS) is 26.5. The average molecular weight is 965 g/mol. The van der Waals surface area contributed by atoms with Crippen molar-refractivity contribution in [2.75, 3.05) is 59.3 Å². The molecule has 4 saturated heterocycles. The highest BCUT2D eigenvalue weighted by molar-refractivity contribution is 8.02. The molecule has 68 heavy (non-hydrogen) atoms. The van der Waals surface area contributed by atoms with E-state index in [1.165, 1.54) is 39.1 Å². The lowest BCUT2D eigenvalue weighted by atomic mass is 9.67. The quantitative estimate of drug-likeness (QED) is 0.168. The number of ketones is 1. The number of esters is 1. The van der Waals surface area contributed by atoms with Gasteiger partial charge in [0.25, 0.3) is 0 Å². The van der Waals surface area contributed by atoms with E-state index in [9.17, 15) is 14.4 Å². The Bertz CT molecular complexity index is 2730. The van der Waals surface area contributed by atoms with E-state index in [-0.39, 0.29) is 61.6 Å². The van der Waals surface area contributed by atoms with Gasteiger partial charge in [0.2, 0.25) is 11.8 Å². The van der Waals surface area contributed by atoms with E-state index in [0.717, 1.165) is 44.7 Å². The molecule has 5 aliphatic heterocycles. The summed E-state index contributed by atoms with van der Waals surface area (Å²) >= 11 is 2.88. The van der Waals surface area contributed by atoms with Gasteiger partial charge in [0.15, 0.2) is 11.5 Å². The van der Waals surface area contributed by atoms with E-state index in [2.05, 4.69) is 61.6 Å². The molecule has 6 atom stereocenters. The average Bonchev–Trinajstić information content (AvgIpc) is 4.06. The van der Waals surface area contributed by atoms with Crippen LogP contribution in [0.3, 0.4) is 0 Å². The fraction of sp³-hybridized carbons (Fsp3) is 0.540. The van der Waals surface area contributed by atoms with Crippen LogP contribution in [0.15, 0.2) is 54.6 Å². The molecule has 4 fully saturated rings. The molecule has 360 valence electrons. The summed E-state index contributed by atoms with van der Waals surface area (Å²) < 4.78 is 21.1. The van der Waals surface area contributed by atoms with Gasteiger partial charge in [-0.05, 0) is 61.6 Å². The number of fused-ring (bicyclic) bond motifs is 8. The zero-order valence-electron chi connectivity index (χ0n) is 39.8. The van der Waals surface area contributed by atoms with Crippen molar-refractivity contribution in [1.82, 2.24) is 39.7 Å². The molecule has 1 N–H and O–H groups in total. The second-order valence-corrected chi connectivity index (χ2v) is 22.2. The summed E-state index contributed by atoms with van der Waals surface area (Å²) in [4.78, 5) is 86.5. The largest absolute Gasteiger partial charge is 0.464 e. The number of carbonyl (C=O) groups is 5. The number of hydrogen-bond acceptors (Lipinski definition) is 13. The molecule has 2 unspecified atom stereocenters. The summed E-state index contributed by atoms with van der Waals surface area (Å²) in [5.41, 5.74) is 7.18. The molecule has 1 aliphatic carbocycles. The van der Waals surface area contributed by atoms with Crippen molar-refractivity contribution in [3.8, 4) is 22.5 Å². The second kappa shape index (κ2) is 17.4. The standard InChI is InChI=1S/C50H60N8O8S2/c1-9-36(59)55-24-50(25-55)57(19-20-66-50)47(63)54(7)40(28(3)4)42(60)44-49(27-68-44)22-35-52-33(23-67-35)29-15-16-34-31(21-29)37-38(43(64-8)39-30(13-11-17-51-39)41(37)56(34)10-2)48(5,6)26-65-45(61)32-14-12-18-58(53-32)46(49)62/h9,11,13,15-17,21,23,28,32,38,40,43-44,53H,1,10,12,14,18-20,22,24-27H2,2-8H3/t32-,38?,40-,43-,44+,49?/m0/s1. The number of benzene rings is 1. The number of thiazole rings is 1. The Morgan fingerprint density at radius 1 is 1.15 bits per heavy atom. The molecule has 2 spiro atoms. The van der Waals surface area contributed by atoms with Gasteiger partial charge in [-0.1, -0.05) is 40.3 Å². The highest BCUT2D eigenvalue weighted by atomic mass is 32.2. The predicted molar refractivity (Wildman–Crippen MR) is 258 cm³/mol. The number of thioether (sulfide) groups is 1. The number of rotatable bonds is 7. The first-order chi connectivity index (χ1) is 32.6. The number of nitrogens with zero attached hydrogens (tertiary/aromatic N) is 7. The molecule has 18 heteroatoms. The molecule has 3 aromatic heterocycles. The number of hydrogen-bond donors (Lipinski definition) is 1. The first kappa shape index (κ1) is 46.6. The molecule has 0 radical (unpaired) electrons. The summed E-state index contributed by atoms with van der Waals surface area (Å²) in [7, 11) is 3.35. The number of aryl methyl sites for hydroxylation is 1. The number of nitrogens with one attached hydrogen (secondary N) is 1. The van der Waals surface area contributed by atoms with Gasteiger partial charge in [0.1, 0.15) is 12.1 Å². The van der Waals surface area contributed by atoms with Gasteiger partial charge in [-0.25, -0.2) is 15.2 Å². The number of likely N-dealkylation sites (tertiary alicyclic amines) is 1. The fourth-order valence-corrected chi connectivity index (χ4v) is 14.2. The molecule has 6 bridgehead atoms. The SMILES string of the molecule is C=CC(=O)N1CC2(C1)OCCN2C(=O)N(C)[C@H](C(=O)[C@H]1SCC12Cc1nc(cs1)-c1ccc3c(c1)c1c(n3CC)-c3cccnc3[C@@H](OC)C1C(C)(C)COC(=O)[C@@H]1CCCN(N1)C2=O)C(C)C. The molecule has 6 aliphatic rings. The highest BCUT2D eigenvalue weighted by Gasteiger charge is 2.62. The number of likely N-dealkylation sites (N-methyl/N-ethyl adjacent to an activating group) is 1. The Morgan fingerprint density at radius 3 is 2.65 bits per heavy atom. The molecule has 4 aromatic rings. The van der Waals surface area contributed by atoms with Gasteiger partial charge in [0.05, 0.1) is 65.1 Å². The maximum absolute atomic E-state index is 15.4. The summed E-state index contributed by atoms with van der Waals surface area (Å²) in [5.74, 6) is -1.43. The summed E-state index contributed by atoms with van der Waals surface area (Å²) in [6, 6.07) is 8.45. The lowest BCUT2D eigenvalue weighted by Crippen LogP contribution is -2.72. The van der Waals surface area contributed by atoms with E-state index in [1.807, 2.05) is 25.3 Å². The van der Waals surface area contributed by atoms with Crippen molar-refractivity contribution in [3.63, 3.8) is 0 Å². The summed E-state index contributed by atoms with van der Waals surface area (Å²) in [5, 5.41) is 4.49. The van der Waals surface area contributed by atoms with E-state index < -0.39 is 46.0 Å². The smallest absolute Gasteiger partial charge is 0.324 e. The number of hydrazine groups is 1. The van der Waals surface area contributed by atoms with Gasteiger partial charge in [-0.3, -0.25) is 34.1 Å². The topological polar surface area (TPSA) is 169 Å². The minimum atomic E-state index is -1.23. The van der Waals surface area contributed by atoms with Crippen LogP contribution in [-0.2, 0) is 46.4 Å². The Balaban J connectivity index is 1.04. The van der Waals surface area contributed by atoms with Crippen molar-refractivity contribution in [2.24, 2.45) is 16.7 Å². The van der Waals surface area contributed by atoms with Crippen LogP contribution in [0.1, 0.15) is 75.7 Å². The maximum atomic E-state index is 15.4. The van der Waals surface area contributed by atoms with Crippen LogP contribution in [-0.4, -0.2) is 146 Å². The van der Waals surface area contributed by atoms with Crippen LogP contribution in [0, 0.1) is 16.7 Å². The molecule has 0 saturated carbocycles. The monoisotopic (exact) mass is 964 g/mol. The summed E-state index contributed by atoms with van der Waals surface area (Å²) in [6.45, 7) is 15.9. The first-order valence-corrected chi connectivity index (χ1v) is 25.6. The Kier molecular flexibility index (Phi) is 11.9. The van der Waals surface area contributed by atoms with E-state index in [0.29, 0.717) is 49.8 Å². The molecule has 16 nitrogen and oxygen atoms in total. The van der Waals surface area contributed by atoms with Gasteiger partial charge < -0.3 is 28.6 Å². The number of Topliss-reactive ketones (excluding diaryl/α,β-unsaturated/α-hetero) is 1. The molecule has 8 heterocycles. The van der Waals surface area contributed by atoms with Gasteiger partial charge in [0, 0.05) is 90.9 Å². The zero-order chi connectivity index (χ0) is 48.0. The first-order valence-electron chi connectivity index (χ1n) is 23.7. The number of ether oxygens (including phenoxy) is 3. The molecular formula is C50H60N8O8S2. The third kappa shape index (κ3) is 7.21. The van der Waals surface area contributed by atoms with E-state index in [4.69, 9.17) is 24.2 Å². The number of pyridine rings is 1. The third-order valence-corrected chi connectivity index (χ3v) is 17.8. The van der Waals surface area contributed by atoms with Gasteiger partial charge >= 0.3 is 12.0 Å². The predicted octanol–water partition coefficient (Wildman–Crippen LogP) is 6.06. The maximum Gasteiger partial charge on any atom is 0.324 e. The number of aromatic nitrogens is 3. The van der Waals surface area contributed by atoms with E-state index in [1.54, 1.807) is 30.2 Å². The molecule has 10 rings (SSSR count). The number of amides is 4. The van der Waals surface area contributed by atoms with Crippen LogP contribution in [0.4, 0.5) is 4.79 Å². The van der Waals surface area contributed by atoms with Crippen LogP contribution >= 0.6 is 23.1 Å². The number of carbonyl (C=O) groups excluding carboxylic acids is 5. The van der Waals surface area contributed by atoms with Crippen molar-refractivity contribution in [3.05, 3.63) is 70.8 Å². The van der Waals surface area contributed by atoms with Crippen LogP contribution in [0.5, 0.6) is 0 Å². The van der Waals surface area contributed by atoms with Gasteiger partial charge in [-0.2, -0.15) is 0 Å². The van der Waals surface area contributed by atoms with Crippen LogP contribution in [0.25, 0.3) is 33.4 Å². The van der Waals surface area contributed by atoms with Crippen molar-refractivity contribution in [2.45, 2.75) is 95.5 Å². The Morgan fingerprint density at radius 2 is 1.94 bits per heavy atom. The van der Waals surface area contributed by atoms with Crippen molar-refractivity contribution in [1.29, 1.82) is 0 Å². The van der Waals surface area contributed by atoms with Crippen molar-refractivity contribution >= 4 is 63.6 Å². The molecule has 1 aromatic carbocycles. The second-order valence-electron chi connectivity index (χ2n) is 20.2. The summed E-state index contributed by atoms with van der Waals surface area (Å²) in [6.07, 6.45) is 3.81. The Labute approximate surface area is 404 Å². The molecular weight excluding hydrogens is 905 g/mol. The highest BCUT2D eigenvalue weighted by Crippen LogP contribution is 2.57. The lowest BCUT2D eigenvalue weighted by molar-refractivity contribution is -0.178. The Hall–Kier alpha value is -5.14. The number of urea groups is 1. The minimum Gasteiger partial charge on any atom is -0.464 e. The minimum absolute atomic E-state index is 0.0773. The number of methoxy groups -OCH3 is 1. The van der Waals surface area contributed by atoms with Crippen molar-refractivity contribution < 1.29 is 38.2 Å². The van der Waals surface area contributed by atoms with Crippen LogP contribution < -0.4 is 5.43 Å². The van der Waals surface area contributed by atoms with E-state index >= 15 is 9.59 Å². The van der Waals surface area contributed by atoms with Crippen LogP contribution in [0.2, 0.25) is 0 Å². The number of cyclic esters (lactones) is 1. The fourth-order valence-electron chi connectivity index (χ4n) is 11.8. The zero-order valence-corrected chi connectivity index (χ0v) is 41.4. The van der Waals surface area contributed by atoms with Gasteiger partial charge in [-0.15, -0.1) is 23.1 Å².